The van der Waals surface area contributed by atoms with Crippen LogP contribution in [0.15, 0.2) is 30.3 Å². The molecule has 4 aliphatic rings. The molecule has 0 amide bonds. The van der Waals surface area contributed by atoms with E-state index in [1.165, 1.54) is 27.9 Å². The Labute approximate surface area is 312 Å². The minimum atomic E-state index is -0.789. The van der Waals surface area contributed by atoms with Gasteiger partial charge in [-0.25, -0.2) is 0 Å². The smallest absolute Gasteiger partial charge is 0.323 e. The molecule has 0 aliphatic heterocycles. The first-order chi connectivity index (χ1) is 24.3. The molecule has 4 fully saturated rings. The highest BCUT2D eigenvalue weighted by atomic mass is 16.6. The maximum atomic E-state index is 12.9. The van der Waals surface area contributed by atoms with Crippen LogP contribution in [-0.2, 0) is 44.5 Å². The van der Waals surface area contributed by atoms with Crippen molar-refractivity contribution < 1.29 is 38.1 Å². The van der Waals surface area contributed by atoms with E-state index in [0.717, 1.165) is 50.5 Å². The molecule has 1 N–H and O–H groups in total. The van der Waals surface area contributed by atoms with Gasteiger partial charge in [0.05, 0.1) is 7.11 Å². The predicted molar refractivity (Wildman–Crippen MR) is 199 cm³/mol. The molecule has 0 spiro atoms. The molecular formula is C43H65NO8. The van der Waals surface area contributed by atoms with Crippen molar-refractivity contribution in [2.45, 2.75) is 150 Å². The Balaban J connectivity index is 1.41. The number of carbonyl (C=O) groups is 4. The number of fused-ring (bicyclic) bond motifs is 5. The van der Waals surface area contributed by atoms with E-state index in [1.807, 2.05) is 30.3 Å². The number of benzene rings is 1. The lowest BCUT2D eigenvalue weighted by Crippen LogP contribution is -2.67. The van der Waals surface area contributed by atoms with Crippen LogP contribution >= 0.6 is 0 Å². The second kappa shape index (κ2) is 15.1. The maximum absolute atomic E-state index is 12.9. The standard InChI is InChI=1S/C43H65NO8/c1-27(45)50-33-26-35-40(6)21-19-36(51-28(2)46)39(4,5)34(40)18-23-41(35,7)42(8)22-17-31(37(33)42)43(9,52-29(3)47)20-14-24-44-32(38(48)49-10)25-30-15-12-11-13-16-30/h11-13,15-16,31-37,44H,14,17-26H2,1-10H3/t31?,32-,33?,34?,35?,36-,37-,40-,41+,42+,43?/m0/s1. The fourth-order valence-electron chi connectivity index (χ4n) is 12.7. The highest BCUT2D eigenvalue weighted by molar-refractivity contribution is 5.76. The van der Waals surface area contributed by atoms with Crippen LogP contribution in [0.1, 0.15) is 126 Å². The van der Waals surface area contributed by atoms with Crippen molar-refractivity contribution in [2.75, 3.05) is 13.7 Å². The number of hydrogen-bond donors (Lipinski definition) is 1. The molecule has 4 aliphatic carbocycles. The van der Waals surface area contributed by atoms with Gasteiger partial charge in [-0.15, -0.1) is 0 Å². The summed E-state index contributed by atoms with van der Waals surface area (Å²) < 4.78 is 23.8. The predicted octanol–water partition coefficient (Wildman–Crippen LogP) is 7.62. The Hall–Kier alpha value is -2.94. The van der Waals surface area contributed by atoms with Gasteiger partial charge in [0.1, 0.15) is 23.9 Å². The van der Waals surface area contributed by atoms with E-state index in [1.54, 1.807) is 0 Å². The zero-order valence-corrected chi connectivity index (χ0v) is 33.5. The molecule has 0 aromatic heterocycles. The third-order valence-corrected chi connectivity index (χ3v) is 15.1. The zero-order chi connectivity index (χ0) is 38.3. The largest absolute Gasteiger partial charge is 0.468 e. The van der Waals surface area contributed by atoms with Crippen molar-refractivity contribution in [3.63, 3.8) is 0 Å². The number of esters is 4. The Morgan fingerprint density at radius 1 is 0.846 bits per heavy atom. The van der Waals surface area contributed by atoms with Crippen LogP contribution in [0.3, 0.4) is 0 Å². The first-order valence-corrected chi connectivity index (χ1v) is 19.7. The summed E-state index contributed by atoms with van der Waals surface area (Å²) in [5, 5.41) is 3.42. The topological polar surface area (TPSA) is 117 Å². The summed E-state index contributed by atoms with van der Waals surface area (Å²) in [6.07, 6.45) is 7.88. The van der Waals surface area contributed by atoms with Gasteiger partial charge in [0, 0.05) is 38.0 Å². The summed E-state index contributed by atoms with van der Waals surface area (Å²) >= 11 is 0. The van der Waals surface area contributed by atoms with Gasteiger partial charge in [0.15, 0.2) is 0 Å². The Kier molecular flexibility index (Phi) is 11.7. The number of hydrogen-bond acceptors (Lipinski definition) is 9. The van der Waals surface area contributed by atoms with Crippen LogP contribution in [0, 0.1) is 45.3 Å². The molecule has 1 aromatic rings. The highest BCUT2D eigenvalue weighted by Gasteiger charge is 2.72. The van der Waals surface area contributed by atoms with Gasteiger partial charge >= 0.3 is 23.9 Å². The van der Waals surface area contributed by atoms with Crippen molar-refractivity contribution >= 4 is 23.9 Å². The summed E-state index contributed by atoms with van der Waals surface area (Å²) in [6.45, 7) is 19.1. The summed E-state index contributed by atoms with van der Waals surface area (Å²) in [6, 6.07) is 9.40. The van der Waals surface area contributed by atoms with Crippen LogP contribution in [0.5, 0.6) is 0 Å². The van der Waals surface area contributed by atoms with Crippen molar-refractivity contribution in [2.24, 2.45) is 45.3 Å². The van der Waals surface area contributed by atoms with E-state index >= 15 is 0 Å². The second-order valence-electron chi connectivity index (χ2n) is 18.2. The first kappa shape index (κ1) is 40.2. The van der Waals surface area contributed by atoms with E-state index in [2.05, 4.69) is 46.9 Å². The van der Waals surface area contributed by atoms with Gasteiger partial charge in [-0.2, -0.15) is 0 Å². The Bertz CT molecular complexity index is 1480. The molecule has 0 bridgehead atoms. The SMILES string of the molecule is COC(=O)[C@H](Cc1ccccc1)NCCCC(C)(OC(C)=O)C1CC[C@]2(C)[C@@H]1C(OC(C)=O)CC1[C@@]3(C)CC[C@H](OC(C)=O)C(C)(C)C3CC[C@]12C. The molecule has 290 valence electrons. The maximum Gasteiger partial charge on any atom is 0.323 e. The average Bonchev–Trinajstić information content (AvgIpc) is 3.44. The summed E-state index contributed by atoms with van der Waals surface area (Å²) in [4.78, 5) is 50.5. The number of carbonyl (C=O) groups excluding carboxylic acids is 4. The van der Waals surface area contributed by atoms with E-state index in [4.69, 9.17) is 18.9 Å². The van der Waals surface area contributed by atoms with Crippen LogP contribution in [0.25, 0.3) is 0 Å². The molecule has 52 heavy (non-hydrogen) atoms. The summed E-state index contributed by atoms with van der Waals surface area (Å²) in [5.74, 6) is -0.436. The van der Waals surface area contributed by atoms with Crippen molar-refractivity contribution in [1.29, 1.82) is 0 Å². The first-order valence-electron chi connectivity index (χ1n) is 19.7. The number of methoxy groups -OCH3 is 1. The molecule has 9 heteroatoms. The van der Waals surface area contributed by atoms with Gasteiger partial charge in [0.25, 0.3) is 0 Å². The van der Waals surface area contributed by atoms with Crippen molar-refractivity contribution in [3.8, 4) is 0 Å². The normalized spacial score (nSPS) is 36.5. The van der Waals surface area contributed by atoms with E-state index < -0.39 is 11.6 Å². The lowest BCUT2D eigenvalue weighted by atomic mass is 9.35. The Morgan fingerprint density at radius 2 is 1.50 bits per heavy atom. The molecule has 11 atom stereocenters. The van der Waals surface area contributed by atoms with Crippen molar-refractivity contribution in [3.05, 3.63) is 35.9 Å². The lowest BCUT2D eigenvalue weighted by molar-refractivity contribution is -0.253. The van der Waals surface area contributed by atoms with Gasteiger partial charge in [-0.05, 0) is 111 Å². The van der Waals surface area contributed by atoms with Crippen molar-refractivity contribution in [1.82, 2.24) is 5.32 Å². The second-order valence-corrected chi connectivity index (χ2v) is 18.2. The third-order valence-electron chi connectivity index (χ3n) is 15.1. The third kappa shape index (κ3) is 7.29. The molecule has 5 rings (SSSR count). The van der Waals surface area contributed by atoms with E-state index in [-0.39, 0.29) is 69.6 Å². The fourth-order valence-corrected chi connectivity index (χ4v) is 12.7. The molecule has 9 nitrogen and oxygen atoms in total. The summed E-state index contributed by atoms with van der Waals surface area (Å²) in [5.41, 5.74) is -0.117. The van der Waals surface area contributed by atoms with Crippen LogP contribution < -0.4 is 5.32 Å². The minimum absolute atomic E-state index is 0.00841. The fraction of sp³-hybridized carbons (Fsp3) is 0.767. The highest BCUT2D eigenvalue weighted by Crippen LogP contribution is 2.76. The molecule has 0 heterocycles. The van der Waals surface area contributed by atoms with Crippen LogP contribution in [0.2, 0.25) is 0 Å². The quantitative estimate of drug-likeness (QED) is 0.132. The monoisotopic (exact) mass is 723 g/mol. The molecule has 0 saturated heterocycles. The minimum Gasteiger partial charge on any atom is -0.468 e. The zero-order valence-electron chi connectivity index (χ0n) is 33.5. The number of nitrogens with one attached hydrogen (secondary N) is 1. The van der Waals surface area contributed by atoms with Gasteiger partial charge < -0.3 is 24.3 Å². The Morgan fingerprint density at radius 3 is 2.12 bits per heavy atom. The number of ether oxygens (including phenoxy) is 4. The van der Waals surface area contributed by atoms with E-state index in [0.29, 0.717) is 37.6 Å². The van der Waals surface area contributed by atoms with Gasteiger partial charge in [0.2, 0.25) is 0 Å². The van der Waals surface area contributed by atoms with E-state index in [9.17, 15) is 19.2 Å². The van der Waals surface area contributed by atoms with Gasteiger partial charge in [-0.3, -0.25) is 19.2 Å². The van der Waals surface area contributed by atoms with Crippen LogP contribution in [0.4, 0.5) is 0 Å². The molecule has 0 radical (unpaired) electrons. The lowest BCUT2D eigenvalue weighted by Gasteiger charge is -2.70. The molecule has 1 aromatic carbocycles. The molecule has 4 saturated carbocycles. The van der Waals surface area contributed by atoms with Crippen LogP contribution in [-0.4, -0.2) is 61.4 Å². The molecule has 5 unspecified atom stereocenters. The summed E-state index contributed by atoms with van der Waals surface area (Å²) in [7, 11) is 1.41. The average molecular weight is 724 g/mol. The number of rotatable bonds is 12. The van der Waals surface area contributed by atoms with Gasteiger partial charge in [-0.1, -0.05) is 65.0 Å². The molecular weight excluding hydrogens is 658 g/mol.